The molecule has 38 heavy (non-hydrogen) atoms. The third-order valence-electron chi connectivity index (χ3n) is 5.81. The molecule has 1 nitrogen and oxygen atoms in total. The van der Waals surface area contributed by atoms with Gasteiger partial charge in [0, 0.05) is 23.3 Å². The number of benzene rings is 4. The molecular weight excluding hydrogens is 523 g/mol. The Hall–Kier alpha value is -3.95. The molecule has 4 aromatic rings. The molecule has 4 aromatic carbocycles. The van der Waals surface area contributed by atoms with E-state index in [0.29, 0.717) is 17.7 Å². The fourth-order valence-corrected chi connectivity index (χ4v) is 4.06. The largest absolute Gasteiger partial charge is 0.432 e. The highest BCUT2D eigenvalue weighted by Gasteiger charge is 2.41. The van der Waals surface area contributed by atoms with Crippen molar-refractivity contribution in [2.75, 3.05) is 0 Å². The molecule has 0 saturated carbocycles. The Morgan fingerprint density at radius 2 is 1.24 bits per heavy atom. The van der Waals surface area contributed by atoms with Gasteiger partial charge >= 0.3 is 6.11 Å². The molecule has 0 aliphatic carbocycles. The topological polar surface area (TPSA) is 9.23 Å². The van der Waals surface area contributed by atoms with E-state index in [0.717, 1.165) is 6.07 Å². The lowest BCUT2D eigenvalue weighted by Crippen LogP contribution is -2.25. The summed E-state index contributed by atoms with van der Waals surface area (Å²) in [5.41, 5.74) is -1.52. The summed E-state index contributed by atoms with van der Waals surface area (Å²) in [7, 11) is 0. The standard InChI is InChI=1S/C28H17F9O/c1-3-14-7-15(18-5-4-13(2)6-19(18)29)8-20(30)25(14)16-9-21(31)26(22(32)10-16)28(36,37)38-17-11-23(33)27(35)24(34)12-17/h4-12H,3H2,1-2H3. The highest BCUT2D eigenvalue weighted by molar-refractivity contribution is 5.75. The van der Waals surface area contributed by atoms with E-state index < -0.39 is 63.7 Å². The molecule has 0 atom stereocenters. The van der Waals surface area contributed by atoms with Crippen LogP contribution in [0.25, 0.3) is 22.3 Å². The Kier molecular flexibility index (Phi) is 7.18. The highest BCUT2D eigenvalue weighted by atomic mass is 19.3. The first kappa shape index (κ1) is 27.1. The summed E-state index contributed by atoms with van der Waals surface area (Å²) in [5.74, 6) is -12.2. The quantitative estimate of drug-likeness (QED) is 0.175. The number of hydrogen-bond donors (Lipinski definition) is 0. The van der Waals surface area contributed by atoms with Crippen LogP contribution in [0.4, 0.5) is 39.5 Å². The van der Waals surface area contributed by atoms with Crippen LogP contribution in [0.5, 0.6) is 5.75 Å². The van der Waals surface area contributed by atoms with Crippen molar-refractivity contribution in [1.29, 1.82) is 0 Å². The molecule has 0 heterocycles. The van der Waals surface area contributed by atoms with Crippen molar-refractivity contribution >= 4 is 0 Å². The molecule has 0 aliphatic heterocycles. The van der Waals surface area contributed by atoms with E-state index in [4.69, 9.17) is 0 Å². The fraction of sp³-hybridized carbons (Fsp3) is 0.143. The number of rotatable bonds is 6. The molecule has 0 aliphatic rings. The maximum absolute atomic E-state index is 15.2. The van der Waals surface area contributed by atoms with Crippen LogP contribution in [0, 0.1) is 47.6 Å². The van der Waals surface area contributed by atoms with Gasteiger partial charge in [-0.3, -0.25) is 0 Å². The SMILES string of the molecule is CCc1cc(-c2ccc(C)cc2F)cc(F)c1-c1cc(F)c(C(F)(F)Oc2cc(F)c(F)c(F)c2)c(F)c1. The van der Waals surface area contributed by atoms with Crippen molar-refractivity contribution in [3.63, 3.8) is 0 Å². The minimum Gasteiger partial charge on any atom is -0.429 e. The lowest BCUT2D eigenvalue weighted by Gasteiger charge is -2.21. The second-order valence-corrected chi connectivity index (χ2v) is 8.46. The van der Waals surface area contributed by atoms with Gasteiger partial charge in [0.15, 0.2) is 17.5 Å². The molecule has 0 saturated heterocycles. The van der Waals surface area contributed by atoms with Gasteiger partial charge in [0.1, 0.15) is 34.6 Å². The summed E-state index contributed by atoms with van der Waals surface area (Å²) in [6, 6.07) is 7.77. The van der Waals surface area contributed by atoms with Crippen LogP contribution in [0.1, 0.15) is 23.6 Å². The Labute approximate surface area is 211 Å². The molecule has 0 N–H and O–H groups in total. The number of hydrogen-bond acceptors (Lipinski definition) is 1. The van der Waals surface area contributed by atoms with E-state index >= 15 is 4.39 Å². The van der Waals surface area contributed by atoms with Gasteiger partial charge in [0.2, 0.25) is 0 Å². The molecule has 0 radical (unpaired) electrons. The van der Waals surface area contributed by atoms with Gasteiger partial charge in [0.25, 0.3) is 0 Å². The van der Waals surface area contributed by atoms with Crippen LogP contribution in [-0.4, -0.2) is 0 Å². The predicted molar refractivity (Wildman–Crippen MR) is 122 cm³/mol. The van der Waals surface area contributed by atoms with Crippen molar-refractivity contribution in [3.8, 4) is 28.0 Å². The summed E-state index contributed by atoms with van der Waals surface area (Å²) in [6.07, 6.45) is -4.65. The third kappa shape index (κ3) is 5.07. The van der Waals surface area contributed by atoms with Crippen molar-refractivity contribution in [2.24, 2.45) is 0 Å². The Morgan fingerprint density at radius 1 is 0.658 bits per heavy atom. The molecular formula is C28H17F9O. The summed E-state index contributed by atoms with van der Waals surface area (Å²) in [5, 5.41) is 0. The normalized spacial score (nSPS) is 11.7. The molecule has 0 spiro atoms. The first-order chi connectivity index (χ1) is 17.8. The monoisotopic (exact) mass is 540 g/mol. The zero-order valence-electron chi connectivity index (χ0n) is 19.7. The minimum atomic E-state index is -4.79. The van der Waals surface area contributed by atoms with Gasteiger partial charge in [-0.1, -0.05) is 25.1 Å². The first-order valence-electron chi connectivity index (χ1n) is 11.1. The van der Waals surface area contributed by atoms with Crippen LogP contribution in [0.15, 0.2) is 54.6 Å². The van der Waals surface area contributed by atoms with E-state index in [2.05, 4.69) is 4.74 Å². The van der Waals surface area contributed by atoms with Crippen LogP contribution < -0.4 is 4.74 Å². The van der Waals surface area contributed by atoms with Gasteiger partial charge in [-0.25, -0.2) is 30.7 Å². The van der Waals surface area contributed by atoms with Gasteiger partial charge in [-0.2, -0.15) is 8.78 Å². The second kappa shape index (κ2) is 10.1. The first-order valence-corrected chi connectivity index (χ1v) is 11.1. The minimum absolute atomic E-state index is 0.0812. The third-order valence-corrected chi connectivity index (χ3v) is 5.81. The molecule has 0 aromatic heterocycles. The summed E-state index contributed by atoms with van der Waals surface area (Å²) < 4.78 is 133. The van der Waals surface area contributed by atoms with Gasteiger partial charge in [0.05, 0.1) is 0 Å². The van der Waals surface area contributed by atoms with Crippen molar-refractivity contribution < 1.29 is 44.3 Å². The zero-order valence-corrected chi connectivity index (χ0v) is 19.7. The number of halogens is 9. The molecule has 0 bridgehead atoms. The van der Waals surface area contributed by atoms with Gasteiger partial charge in [-0.15, -0.1) is 0 Å². The van der Waals surface area contributed by atoms with Crippen LogP contribution in [0.2, 0.25) is 0 Å². The fourth-order valence-electron chi connectivity index (χ4n) is 4.06. The van der Waals surface area contributed by atoms with Gasteiger partial charge in [-0.05, 0) is 59.9 Å². The maximum Gasteiger partial charge on any atom is 0.432 e. The maximum atomic E-state index is 15.2. The van der Waals surface area contributed by atoms with Crippen LogP contribution >= 0.6 is 0 Å². The van der Waals surface area contributed by atoms with Crippen LogP contribution in [-0.2, 0) is 12.5 Å². The Bertz CT molecular complexity index is 1500. The van der Waals surface area contributed by atoms with Crippen molar-refractivity contribution in [1.82, 2.24) is 0 Å². The molecule has 0 amide bonds. The Balaban J connectivity index is 1.76. The average Bonchev–Trinajstić information content (AvgIpc) is 2.80. The average molecular weight is 540 g/mol. The smallest absolute Gasteiger partial charge is 0.429 e. The second-order valence-electron chi connectivity index (χ2n) is 8.46. The van der Waals surface area contributed by atoms with E-state index in [-0.39, 0.29) is 40.8 Å². The zero-order chi connectivity index (χ0) is 27.9. The summed E-state index contributed by atoms with van der Waals surface area (Å²) >= 11 is 0. The van der Waals surface area contributed by atoms with E-state index in [9.17, 15) is 35.1 Å². The predicted octanol–water partition coefficient (Wildman–Crippen LogP) is 8.99. The van der Waals surface area contributed by atoms with Gasteiger partial charge < -0.3 is 4.74 Å². The summed E-state index contributed by atoms with van der Waals surface area (Å²) in [4.78, 5) is 0. The van der Waals surface area contributed by atoms with Crippen molar-refractivity contribution in [3.05, 3.63) is 112 Å². The molecule has 10 heteroatoms. The lowest BCUT2D eigenvalue weighted by molar-refractivity contribution is -0.189. The number of ether oxygens (including phenoxy) is 1. The van der Waals surface area contributed by atoms with Crippen LogP contribution in [0.3, 0.4) is 0 Å². The molecule has 198 valence electrons. The van der Waals surface area contributed by atoms with E-state index in [1.54, 1.807) is 19.9 Å². The summed E-state index contributed by atoms with van der Waals surface area (Å²) in [6.45, 7) is 3.28. The lowest BCUT2D eigenvalue weighted by atomic mass is 9.92. The highest BCUT2D eigenvalue weighted by Crippen LogP contribution is 2.39. The van der Waals surface area contributed by atoms with E-state index in [1.807, 2.05) is 0 Å². The van der Waals surface area contributed by atoms with Crippen molar-refractivity contribution in [2.45, 2.75) is 26.4 Å². The Morgan fingerprint density at radius 3 is 1.79 bits per heavy atom. The number of aryl methyl sites for hydroxylation is 2. The molecule has 4 rings (SSSR count). The number of alkyl halides is 2. The molecule has 0 fully saturated rings. The molecule has 0 unspecified atom stereocenters. The van der Waals surface area contributed by atoms with E-state index in [1.165, 1.54) is 18.2 Å².